The van der Waals surface area contributed by atoms with Gasteiger partial charge in [0.1, 0.15) is 5.82 Å². The Morgan fingerprint density at radius 3 is 2.83 bits per heavy atom. The minimum atomic E-state index is 0.139. The summed E-state index contributed by atoms with van der Waals surface area (Å²) >= 11 is 16.1. The lowest BCUT2D eigenvalue weighted by atomic mass is 9.97. The van der Waals surface area contributed by atoms with Crippen LogP contribution in [0.4, 0.5) is 5.82 Å². The van der Waals surface area contributed by atoms with Crippen molar-refractivity contribution in [1.29, 1.82) is 0 Å². The summed E-state index contributed by atoms with van der Waals surface area (Å²) in [6, 6.07) is 17.1. The molecule has 2 aromatic carbocycles. The van der Waals surface area contributed by atoms with Crippen molar-refractivity contribution in [2.45, 2.75) is 19.3 Å². The van der Waals surface area contributed by atoms with Crippen LogP contribution in [0.2, 0.25) is 10.0 Å². The number of benzene rings is 2. The van der Waals surface area contributed by atoms with Crippen LogP contribution in [0.15, 0.2) is 65.3 Å². The van der Waals surface area contributed by atoms with Gasteiger partial charge >= 0.3 is 0 Å². The van der Waals surface area contributed by atoms with Gasteiger partial charge in [0.2, 0.25) is 5.91 Å². The van der Waals surface area contributed by atoms with E-state index in [9.17, 15) is 4.79 Å². The predicted molar refractivity (Wildman–Crippen MR) is 144 cm³/mol. The number of carbonyl (C=O) groups is 1. The van der Waals surface area contributed by atoms with Gasteiger partial charge < -0.3 is 10.2 Å². The summed E-state index contributed by atoms with van der Waals surface area (Å²) in [6.45, 7) is 2.23. The molecule has 1 aliphatic heterocycles. The Morgan fingerprint density at radius 2 is 2.00 bits per heavy atom. The van der Waals surface area contributed by atoms with Gasteiger partial charge in [-0.25, -0.2) is 4.98 Å². The van der Waals surface area contributed by atoms with Crippen LogP contribution in [0.3, 0.4) is 0 Å². The highest BCUT2D eigenvalue weighted by molar-refractivity contribution is 9.10. The number of halogens is 3. The fourth-order valence-corrected chi connectivity index (χ4v) is 5.30. The molecule has 3 heterocycles. The fraction of sp³-hybridized carbons (Fsp3) is 0.269. The number of nitrogens with one attached hydrogen (secondary N) is 1. The Kier molecular flexibility index (Phi) is 7.27. The maximum atomic E-state index is 12.9. The summed E-state index contributed by atoms with van der Waals surface area (Å²) in [5, 5.41) is 9.33. The Balaban J connectivity index is 1.31. The van der Waals surface area contributed by atoms with E-state index >= 15 is 0 Å². The van der Waals surface area contributed by atoms with Crippen LogP contribution in [0, 0.1) is 5.92 Å². The highest BCUT2D eigenvalue weighted by atomic mass is 79.9. The molecule has 180 valence electrons. The topological polar surface area (TPSA) is 62.5 Å². The molecule has 35 heavy (non-hydrogen) atoms. The van der Waals surface area contributed by atoms with Gasteiger partial charge in [0.05, 0.1) is 22.8 Å². The molecule has 1 amide bonds. The van der Waals surface area contributed by atoms with E-state index in [4.69, 9.17) is 28.2 Å². The molecule has 2 aromatic heterocycles. The molecule has 1 atom stereocenters. The minimum absolute atomic E-state index is 0.139. The molecular formula is C26H24BrCl2N5O. The number of piperidine rings is 1. The molecule has 5 rings (SSSR count). The summed E-state index contributed by atoms with van der Waals surface area (Å²) in [4.78, 5) is 19.7. The van der Waals surface area contributed by atoms with E-state index in [1.165, 1.54) is 0 Å². The molecule has 1 N–H and O–H groups in total. The summed E-state index contributed by atoms with van der Waals surface area (Å²) in [6.07, 6.45) is 4.15. The molecule has 0 bridgehead atoms. The van der Waals surface area contributed by atoms with Crippen LogP contribution >= 0.6 is 39.1 Å². The van der Waals surface area contributed by atoms with Crippen molar-refractivity contribution < 1.29 is 4.79 Å². The number of carbonyl (C=O) groups excluding carboxylic acids is 1. The second-order valence-corrected chi connectivity index (χ2v) is 10.5. The molecular weight excluding hydrogens is 549 g/mol. The van der Waals surface area contributed by atoms with Gasteiger partial charge in [-0.1, -0.05) is 53.5 Å². The normalized spacial score (nSPS) is 16.0. The Bertz CT molecular complexity index is 1380. The second kappa shape index (κ2) is 10.6. The third-order valence-electron chi connectivity index (χ3n) is 6.27. The molecule has 1 fully saturated rings. The molecule has 0 spiro atoms. The van der Waals surface area contributed by atoms with E-state index < -0.39 is 0 Å². The molecule has 9 heteroatoms. The van der Waals surface area contributed by atoms with Gasteiger partial charge in [0, 0.05) is 41.3 Å². The number of hydrogen-bond acceptors (Lipinski definition) is 4. The number of aromatic nitrogens is 3. The molecule has 1 saturated heterocycles. The third kappa shape index (κ3) is 5.47. The van der Waals surface area contributed by atoms with Crippen LogP contribution in [-0.4, -0.2) is 45.0 Å². The summed E-state index contributed by atoms with van der Waals surface area (Å²) < 4.78 is 2.60. The van der Waals surface area contributed by atoms with Crippen molar-refractivity contribution in [1.82, 2.24) is 19.5 Å². The van der Waals surface area contributed by atoms with Crippen molar-refractivity contribution in [2.24, 2.45) is 5.92 Å². The first-order chi connectivity index (χ1) is 17.0. The largest absolute Gasteiger partial charge is 0.370 e. The first-order valence-electron chi connectivity index (χ1n) is 11.5. The highest BCUT2D eigenvalue weighted by Crippen LogP contribution is 2.30. The van der Waals surface area contributed by atoms with Gasteiger partial charge in [-0.15, -0.1) is 0 Å². The molecule has 0 saturated carbocycles. The van der Waals surface area contributed by atoms with Crippen LogP contribution in [-0.2, 0) is 11.2 Å². The molecule has 1 unspecified atom stereocenters. The van der Waals surface area contributed by atoms with Crippen LogP contribution < -0.4 is 5.32 Å². The van der Waals surface area contributed by atoms with E-state index in [1.54, 1.807) is 10.7 Å². The third-order valence-corrected chi connectivity index (χ3v) is 7.39. The molecule has 4 aromatic rings. The number of nitrogens with zero attached hydrogens (tertiary/aromatic N) is 4. The zero-order valence-corrected chi connectivity index (χ0v) is 22.0. The Morgan fingerprint density at radius 1 is 1.14 bits per heavy atom. The molecule has 0 radical (unpaired) electrons. The molecule has 6 nitrogen and oxygen atoms in total. The number of amides is 1. The van der Waals surface area contributed by atoms with Gasteiger partial charge in [-0.05, 0) is 58.5 Å². The number of rotatable bonds is 6. The van der Waals surface area contributed by atoms with Gasteiger partial charge in [0.25, 0.3) is 0 Å². The molecule has 0 aliphatic carbocycles. The SMILES string of the molecule is O=C(Cc1cccc(Cl)c1)N1CCCC(CNc2cc(-c3ccccc3Cl)nc3c(Br)cnn23)C1. The predicted octanol–water partition coefficient (Wildman–Crippen LogP) is 6.36. The fourth-order valence-electron chi connectivity index (χ4n) is 4.51. The quantitative estimate of drug-likeness (QED) is 0.292. The van der Waals surface area contributed by atoms with Crippen molar-refractivity contribution in [2.75, 3.05) is 25.0 Å². The highest BCUT2D eigenvalue weighted by Gasteiger charge is 2.24. The van der Waals surface area contributed by atoms with Gasteiger partial charge in [0.15, 0.2) is 5.65 Å². The first-order valence-corrected chi connectivity index (χ1v) is 13.1. The number of hydrogen-bond donors (Lipinski definition) is 1. The average molecular weight is 573 g/mol. The van der Waals surface area contributed by atoms with Crippen molar-refractivity contribution in [3.05, 3.63) is 80.9 Å². The zero-order valence-electron chi connectivity index (χ0n) is 18.9. The van der Waals surface area contributed by atoms with E-state index in [1.807, 2.05) is 59.5 Å². The second-order valence-electron chi connectivity index (χ2n) is 8.77. The maximum absolute atomic E-state index is 12.9. The molecule has 1 aliphatic rings. The van der Waals surface area contributed by atoms with E-state index in [-0.39, 0.29) is 5.91 Å². The first kappa shape index (κ1) is 24.1. The average Bonchev–Trinajstić information content (AvgIpc) is 3.24. The van der Waals surface area contributed by atoms with Crippen LogP contribution in [0.25, 0.3) is 16.9 Å². The maximum Gasteiger partial charge on any atom is 0.227 e. The Hall–Kier alpha value is -2.61. The summed E-state index contributed by atoms with van der Waals surface area (Å²) in [7, 11) is 0. The lowest BCUT2D eigenvalue weighted by molar-refractivity contribution is -0.132. The zero-order chi connectivity index (χ0) is 24.4. The number of fused-ring (bicyclic) bond motifs is 1. The lowest BCUT2D eigenvalue weighted by Gasteiger charge is -2.33. The number of likely N-dealkylation sites (tertiary alicyclic amines) is 1. The smallest absolute Gasteiger partial charge is 0.227 e. The standard InChI is InChI=1S/C26H24BrCl2N5O/c27-21-15-31-34-24(13-23(32-26(21)34)20-8-1-2-9-22(20)29)30-14-18-6-4-10-33(16-18)25(35)12-17-5-3-7-19(28)11-17/h1-3,5,7-9,11,13,15,18,30H,4,6,10,12,14,16H2. The van der Waals surface area contributed by atoms with Crippen molar-refractivity contribution >= 4 is 56.5 Å². The van der Waals surface area contributed by atoms with Crippen LogP contribution in [0.5, 0.6) is 0 Å². The minimum Gasteiger partial charge on any atom is -0.370 e. The lowest BCUT2D eigenvalue weighted by Crippen LogP contribution is -2.42. The van der Waals surface area contributed by atoms with E-state index in [2.05, 4.69) is 26.3 Å². The summed E-state index contributed by atoms with van der Waals surface area (Å²) in [5.74, 6) is 1.30. The van der Waals surface area contributed by atoms with E-state index in [0.29, 0.717) is 28.0 Å². The van der Waals surface area contributed by atoms with Gasteiger partial charge in [-0.2, -0.15) is 9.61 Å². The van der Waals surface area contributed by atoms with Gasteiger partial charge in [-0.3, -0.25) is 4.79 Å². The van der Waals surface area contributed by atoms with Crippen molar-refractivity contribution in [3.63, 3.8) is 0 Å². The van der Waals surface area contributed by atoms with E-state index in [0.717, 1.165) is 59.6 Å². The van der Waals surface area contributed by atoms with Crippen LogP contribution in [0.1, 0.15) is 18.4 Å². The van der Waals surface area contributed by atoms with Crippen molar-refractivity contribution in [3.8, 4) is 11.3 Å². The summed E-state index contributed by atoms with van der Waals surface area (Å²) in [5.41, 5.74) is 3.29. The number of anilines is 1. The Labute approximate surface area is 222 Å². The monoisotopic (exact) mass is 571 g/mol.